The van der Waals surface area contributed by atoms with Gasteiger partial charge in [-0.2, -0.15) is 0 Å². The molecule has 0 aromatic heterocycles. The van der Waals surface area contributed by atoms with Crippen LogP contribution < -0.4 is 0 Å². The molecular formula is C19H17FO5. The first kappa shape index (κ1) is 17.1. The van der Waals surface area contributed by atoms with Crippen LogP contribution in [0.4, 0.5) is 4.39 Å². The number of halogens is 1. The van der Waals surface area contributed by atoms with Crippen molar-refractivity contribution in [3.8, 4) is 0 Å². The zero-order valence-electron chi connectivity index (χ0n) is 13.3. The van der Waals surface area contributed by atoms with E-state index < -0.39 is 30.5 Å². The van der Waals surface area contributed by atoms with Gasteiger partial charge in [0.05, 0.1) is 11.1 Å². The molecule has 5 nitrogen and oxygen atoms in total. The number of ether oxygens (including phenoxy) is 3. The van der Waals surface area contributed by atoms with E-state index in [0.29, 0.717) is 11.1 Å². The van der Waals surface area contributed by atoms with Gasteiger partial charge >= 0.3 is 11.9 Å². The Kier molecular flexibility index (Phi) is 5.40. The highest BCUT2D eigenvalue weighted by atomic mass is 19.1. The average molecular weight is 344 g/mol. The number of carbonyl (C=O) groups excluding carboxylic acids is 2. The molecular weight excluding hydrogens is 327 g/mol. The Labute approximate surface area is 144 Å². The van der Waals surface area contributed by atoms with Crippen molar-refractivity contribution >= 4 is 11.9 Å². The van der Waals surface area contributed by atoms with Crippen molar-refractivity contribution in [1.29, 1.82) is 0 Å². The summed E-state index contributed by atoms with van der Waals surface area (Å²) in [7, 11) is 0. The first-order valence-electron chi connectivity index (χ1n) is 7.91. The maximum atomic E-state index is 14.0. The van der Waals surface area contributed by atoms with Crippen LogP contribution in [0.3, 0.4) is 0 Å². The predicted molar refractivity (Wildman–Crippen MR) is 86.8 cm³/mol. The second-order valence-electron chi connectivity index (χ2n) is 5.59. The molecule has 0 bridgehead atoms. The van der Waals surface area contributed by atoms with E-state index in [4.69, 9.17) is 14.2 Å². The van der Waals surface area contributed by atoms with Gasteiger partial charge < -0.3 is 14.2 Å². The zero-order valence-corrected chi connectivity index (χ0v) is 13.3. The van der Waals surface area contributed by atoms with Crippen LogP contribution >= 0.6 is 0 Å². The van der Waals surface area contributed by atoms with E-state index in [2.05, 4.69) is 0 Å². The summed E-state index contributed by atoms with van der Waals surface area (Å²) in [5.41, 5.74) is 0.739. The lowest BCUT2D eigenvalue weighted by Gasteiger charge is -2.14. The molecule has 0 saturated carbocycles. The highest BCUT2D eigenvalue weighted by molar-refractivity contribution is 5.89. The van der Waals surface area contributed by atoms with Crippen LogP contribution in [0.1, 0.15) is 27.1 Å². The topological polar surface area (TPSA) is 61.8 Å². The Morgan fingerprint density at radius 3 is 2.12 bits per heavy atom. The fourth-order valence-corrected chi connectivity index (χ4v) is 2.47. The van der Waals surface area contributed by atoms with Gasteiger partial charge in [0.25, 0.3) is 0 Å². The average Bonchev–Trinajstić information content (AvgIpc) is 3.00. The van der Waals surface area contributed by atoms with E-state index in [1.807, 2.05) is 0 Å². The minimum Gasteiger partial charge on any atom is -0.459 e. The largest absolute Gasteiger partial charge is 0.459 e. The molecule has 2 aromatic carbocycles. The molecule has 1 aliphatic heterocycles. The van der Waals surface area contributed by atoms with Gasteiger partial charge in [-0.25, -0.2) is 14.0 Å². The Morgan fingerprint density at radius 1 is 0.960 bits per heavy atom. The Hall–Kier alpha value is -2.73. The van der Waals surface area contributed by atoms with E-state index in [1.165, 1.54) is 0 Å². The lowest BCUT2D eigenvalue weighted by molar-refractivity contribution is -0.114. The highest BCUT2D eigenvalue weighted by Gasteiger charge is 2.38. The molecule has 0 amide bonds. The number of esters is 2. The number of alkyl halides is 1. The summed E-state index contributed by atoms with van der Waals surface area (Å²) in [6.07, 6.45) is -3.42. The monoisotopic (exact) mass is 344 g/mol. The molecule has 25 heavy (non-hydrogen) atoms. The molecule has 1 fully saturated rings. The smallest absolute Gasteiger partial charge is 0.340 e. The number of carbonyl (C=O) groups is 2. The van der Waals surface area contributed by atoms with Gasteiger partial charge in [0.2, 0.25) is 6.29 Å². The molecule has 1 saturated heterocycles. The molecule has 0 N–H and O–H groups in total. The minimum absolute atomic E-state index is 0.0911. The molecule has 1 aliphatic rings. The van der Waals surface area contributed by atoms with Crippen LogP contribution in [0.25, 0.3) is 0 Å². The van der Waals surface area contributed by atoms with Crippen molar-refractivity contribution in [2.45, 2.75) is 25.0 Å². The van der Waals surface area contributed by atoms with E-state index in [0.717, 1.165) is 0 Å². The van der Waals surface area contributed by atoms with Crippen LogP contribution in [-0.2, 0) is 14.2 Å². The van der Waals surface area contributed by atoms with Crippen LogP contribution in [-0.4, -0.2) is 37.1 Å². The fraction of sp³-hybridized carbons (Fsp3) is 0.263. The third kappa shape index (κ3) is 4.42. The summed E-state index contributed by atoms with van der Waals surface area (Å²) in [6, 6.07) is 16.8. The van der Waals surface area contributed by atoms with Gasteiger partial charge in [-0.1, -0.05) is 36.4 Å². The lowest BCUT2D eigenvalue weighted by atomic mass is 10.2. The van der Waals surface area contributed by atoms with Gasteiger partial charge in [-0.3, -0.25) is 0 Å². The standard InChI is InChI=1S/C19H17FO5/c20-15-11-17(25-19(22)14-9-5-2-6-10-14)24-16(15)12-23-18(21)13-7-3-1-4-8-13/h1-10,15-17H,11-12H2/t15-,16+,17-/m0/s1. The summed E-state index contributed by atoms with van der Waals surface area (Å²) in [5.74, 6) is -1.14. The Bertz CT molecular complexity index is 719. The Balaban J connectivity index is 1.50. The second kappa shape index (κ2) is 7.90. The normalized spacial score (nSPS) is 22.4. The SMILES string of the molecule is O=C(OC[C@H]1O[C@@H](OC(=O)c2ccccc2)C[C@@H]1F)c1ccccc1. The maximum absolute atomic E-state index is 14.0. The van der Waals surface area contributed by atoms with Crippen molar-refractivity contribution in [1.82, 2.24) is 0 Å². The maximum Gasteiger partial charge on any atom is 0.340 e. The predicted octanol–water partition coefficient (Wildman–Crippen LogP) is 3.15. The molecule has 0 spiro atoms. The first-order chi connectivity index (χ1) is 12.1. The zero-order chi connectivity index (χ0) is 17.6. The van der Waals surface area contributed by atoms with Gasteiger partial charge in [0.15, 0.2) is 0 Å². The molecule has 130 valence electrons. The number of hydrogen-bond acceptors (Lipinski definition) is 5. The van der Waals surface area contributed by atoms with Crippen molar-refractivity contribution in [3.63, 3.8) is 0 Å². The quantitative estimate of drug-likeness (QED) is 0.780. The van der Waals surface area contributed by atoms with E-state index in [-0.39, 0.29) is 13.0 Å². The third-order valence-electron chi connectivity index (χ3n) is 3.78. The lowest BCUT2D eigenvalue weighted by Crippen LogP contribution is -2.26. The van der Waals surface area contributed by atoms with Crippen LogP contribution in [0, 0.1) is 0 Å². The highest BCUT2D eigenvalue weighted by Crippen LogP contribution is 2.25. The van der Waals surface area contributed by atoms with Crippen molar-refractivity contribution < 1.29 is 28.2 Å². The van der Waals surface area contributed by atoms with Gasteiger partial charge in [-0.15, -0.1) is 0 Å². The summed E-state index contributed by atoms with van der Waals surface area (Å²) >= 11 is 0. The van der Waals surface area contributed by atoms with Crippen LogP contribution in [0.15, 0.2) is 60.7 Å². The van der Waals surface area contributed by atoms with Crippen LogP contribution in [0.5, 0.6) is 0 Å². The molecule has 3 rings (SSSR count). The van der Waals surface area contributed by atoms with Crippen molar-refractivity contribution in [2.75, 3.05) is 6.61 Å². The van der Waals surface area contributed by atoms with Gasteiger partial charge in [0, 0.05) is 6.42 Å². The summed E-state index contributed by atoms with van der Waals surface area (Å²) in [4.78, 5) is 23.8. The number of hydrogen-bond donors (Lipinski definition) is 0. The minimum atomic E-state index is -1.38. The second-order valence-corrected chi connectivity index (χ2v) is 5.59. The molecule has 0 radical (unpaired) electrons. The summed E-state index contributed by atoms with van der Waals surface area (Å²) in [5, 5.41) is 0. The molecule has 1 heterocycles. The first-order valence-corrected chi connectivity index (χ1v) is 7.91. The Morgan fingerprint density at radius 2 is 1.52 bits per heavy atom. The van der Waals surface area contributed by atoms with E-state index in [9.17, 15) is 14.0 Å². The van der Waals surface area contributed by atoms with Crippen molar-refractivity contribution in [2.24, 2.45) is 0 Å². The molecule has 2 aromatic rings. The molecule has 3 atom stereocenters. The summed E-state index contributed by atoms with van der Waals surface area (Å²) in [6.45, 7) is -0.242. The molecule has 6 heteroatoms. The summed E-state index contributed by atoms with van der Waals surface area (Å²) < 4.78 is 29.6. The van der Waals surface area contributed by atoms with Gasteiger partial charge in [-0.05, 0) is 24.3 Å². The third-order valence-corrected chi connectivity index (χ3v) is 3.78. The van der Waals surface area contributed by atoms with Crippen LogP contribution in [0.2, 0.25) is 0 Å². The number of benzene rings is 2. The van der Waals surface area contributed by atoms with Crippen molar-refractivity contribution in [3.05, 3.63) is 71.8 Å². The fourth-order valence-electron chi connectivity index (χ4n) is 2.47. The molecule has 0 unspecified atom stereocenters. The van der Waals surface area contributed by atoms with E-state index >= 15 is 0 Å². The number of rotatable bonds is 5. The molecule has 0 aliphatic carbocycles. The van der Waals surface area contributed by atoms with E-state index in [1.54, 1.807) is 60.7 Å². The van der Waals surface area contributed by atoms with Gasteiger partial charge in [0.1, 0.15) is 18.9 Å².